The summed E-state index contributed by atoms with van der Waals surface area (Å²) in [6.07, 6.45) is 9.01. The summed E-state index contributed by atoms with van der Waals surface area (Å²) in [5.74, 6) is 8.84. The lowest BCUT2D eigenvalue weighted by molar-refractivity contribution is -0.220. The van der Waals surface area contributed by atoms with E-state index in [1.807, 2.05) is 0 Å². The summed E-state index contributed by atoms with van der Waals surface area (Å²) in [6, 6.07) is 56.8. The number of hydrogen-bond donors (Lipinski definition) is 0. The largest absolute Gasteiger partial charge is 0.208 e. The fraction of sp³-hybridized carbons (Fsp3) is 0.264. The second kappa shape index (κ2) is 12.7. The van der Waals surface area contributed by atoms with Gasteiger partial charge in [-0.2, -0.15) is 0 Å². The lowest BCUT2D eigenvalue weighted by atomic mass is 9.30. The van der Waals surface area contributed by atoms with Crippen molar-refractivity contribution in [2.45, 2.75) is 43.9 Å². The second-order valence-electron chi connectivity index (χ2n) is 17.7. The van der Waals surface area contributed by atoms with Crippen LogP contribution >= 0.6 is 0 Å². The monoisotopic (exact) mass is 723 g/mol. The highest BCUT2D eigenvalue weighted by Crippen LogP contribution is 2.76. The SMILES string of the molecule is c1ccc(-c2ccc(-c3nc(-c4cccc(-c5ccc(C67CC8CC9C%10CC(CC96)CC7C%10C8)cc5)c4)nc(-c4ccccc4-c4ccccc4)n3)cc2)cc1. The zero-order valence-electron chi connectivity index (χ0n) is 31.6. The molecule has 4 unspecified atom stereocenters. The second-order valence-corrected chi connectivity index (χ2v) is 17.7. The van der Waals surface area contributed by atoms with Crippen LogP contribution in [0.3, 0.4) is 0 Å². The van der Waals surface area contributed by atoms with E-state index in [1.165, 1.54) is 54.4 Å². The molecule has 272 valence electrons. The number of hydrogen-bond acceptors (Lipinski definition) is 3. The maximum Gasteiger partial charge on any atom is 0.164 e. The van der Waals surface area contributed by atoms with E-state index in [-0.39, 0.29) is 0 Å². The molecular weight excluding hydrogens is 679 g/mol. The Morgan fingerprint density at radius 3 is 1.57 bits per heavy atom. The third-order valence-corrected chi connectivity index (χ3v) is 15.1. The number of rotatable bonds is 7. The van der Waals surface area contributed by atoms with Crippen molar-refractivity contribution in [1.29, 1.82) is 0 Å². The van der Waals surface area contributed by atoms with Crippen molar-refractivity contribution in [3.63, 3.8) is 0 Å². The quantitative estimate of drug-likeness (QED) is 0.164. The minimum absolute atomic E-state index is 0.428. The third-order valence-electron chi connectivity index (χ3n) is 15.1. The van der Waals surface area contributed by atoms with E-state index in [4.69, 9.17) is 15.0 Å². The van der Waals surface area contributed by atoms with Crippen molar-refractivity contribution in [3.8, 4) is 67.5 Å². The van der Waals surface area contributed by atoms with E-state index in [0.717, 1.165) is 69.2 Å². The first-order valence-electron chi connectivity index (χ1n) is 21.0. The van der Waals surface area contributed by atoms with E-state index in [1.54, 1.807) is 12.0 Å². The Balaban J connectivity index is 0.926. The van der Waals surface area contributed by atoms with Crippen LogP contribution < -0.4 is 0 Å². The Kier molecular flexibility index (Phi) is 7.37. The fourth-order valence-corrected chi connectivity index (χ4v) is 13.1. The average Bonchev–Trinajstić information content (AvgIpc) is 3.28. The molecule has 14 rings (SSSR count). The topological polar surface area (TPSA) is 38.7 Å². The van der Waals surface area contributed by atoms with Gasteiger partial charge in [-0.15, -0.1) is 0 Å². The highest BCUT2D eigenvalue weighted by atomic mass is 15.0. The zero-order valence-corrected chi connectivity index (χ0v) is 31.6. The number of aromatic nitrogens is 3. The Bertz CT molecular complexity index is 2550. The van der Waals surface area contributed by atoms with Gasteiger partial charge in [0.1, 0.15) is 0 Å². The molecule has 56 heavy (non-hydrogen) atoms. The van der Waals surface area contributed by atoms with Crippen LogP contribution in [0.2, 0.25) is 0 Å². The van der Waals surface area contributed by atoms with Crippen LogP contribution in [0.4, 0.5) is 0 Å². The summed E-state index contributed by atoms with van der Waals surface area (Å²) in [4.78, 5) is 15.6. The molecule has 3 heteroatoms. The lowest BCUT2D eigenvalue weighted by Gasteiger charge is -2.74. The predicted molar refractivity (Wildman–Crippen MR) is 226 cm³/mol. The van der Waals surface area contributed by atoms with Gasteiger partial charge in [0.25, 0.3) is 0 Å². The standard InChI is InChI=1S/C53H45N3/c1-3-10-35(11-4-1)36-18-20-39(21-19-36)50-54-51(56-52(55-50)44-17-8-7-16-43(44)38-12-5-2-6-13-38)41-15-9-14-40(31-41)37-22-24-42(25-23-37)53-32-34-27-46-45-26-33(29-48(46)53)30-49(53)47(45)28-34/h1-25,31,33-34,45-49H,26-30,32H2. The first kappa shape index (κ1) is 32.6. The molecule has 1 heterocycles. The van der Waals surface area contributed by atoms with Crippen LogP contribution in [0.5, 0.6) is 0 Å². The van der Waals surface area contributed by atoms with Gasteiger partial charge < -0.3 is 0 Å². The van der Waals surface area contributed by atoms with E-state index >= 15 is 0 Å². The maximum absolute atomic E-state index is 5.23. The molecule has 3 nitrogen and oxygen atoms in total. The van der Waals surface area contributed by atoms with Gasteiger partial charge in [-0.25, -0.2) is 15.0 Å². The van der Waals surface area contributed by atoms with Crippen LogP contribution in [0.1, 0.15) is 44.1 Å². The van der Waals surface area contributed by atoms with E-state index < -0.39 is 0 Å². The van der Waals surface area contributed by atoms with Crippen LogP contribution in [-0.4, -0.2) is 15.0 Å². The molecule has 7 saturated carbocycles. The summed E-state index contributed by atoms with van der Waals surface area (Å²) in [5, 5.41) is 0. The molecule has 7 aliphatic carbocycles. The van der Waals surface area contributed by atoms with Crippen molar-refractivity contribution in [2.24, 2.45) is 41.4 Å². The molecule has 0 aliphatic heterocycles. The van der Waals surface area contributed by atoms with Gasteiger partial charge in [-0.3, -0.25) is 0 Å². The molecular formula is C53H45N3. The third kappa shape index (κ3) is 5.06. The van der Waals surface area contributed by atoms with E-state index in [0.29, 0.717) is 22.9 Å². The van der Waals surface area contributed by atoms with Crippen molar-refractivity contribution in [3.05, 3.63) is 163 Å². The van der Waals surface area contributed by atoms with E-state index in [2.05, 4.69) is 158 Å². The van der Waals surface area contributed by atoms with Crippen LogP contribution in [0.15, 0.2) is 158 Å². The molecule has 0 spiro atoms. The van der Waals surface area contributed by atoms with Gasteiger partial charge >= 0.3 is 0 Å². The summed E-state index contributed by atoms with van der Waals surface area (Å²) in [6.45, 7) is 0. The fourth-order valence-electron chi connectivity index (χ4n) is 13.1. The summed E-state index contributed by atoms with van der Waals surface area (Å²) in [7, 11) is 0. The smallest absolute Gasteiger partial charge is 0.164 e. The molecule has 0 N–H and O–H groups in total. The van der Waals surface area contributed by atoms with Crippen molar-refractivity contribution in [2.75, 3.05) is 0 Å². The molecule has 0 saturated heterocycles. The Hall–Kier alpha value is -5.67. The van der Waals surface area contributed by atoms with Gasteiger partial charge in [0.15, 0.2) is 17.5 Å². The van der Waals surface area contributed by atoms with E-state index in [9.17, 15) is 0 Å². The van der Waals surface area contributed by atoms with Crippen molar-refractivity contribution in [1.82, 2.24) is 15.0 Å². The summed E-state index contributed by atoms with van der Waals surface area (Å²) >= 11 is 0. The molecule has 7 fully saturated rings. The maximum atomic E-state index is 5.23. The van der Waals surface area contributed by atoms with Gasteiger partial charge in [0.05, 0.1) is 0 Å². The predicted octanol–water partition coefficient (Wildman–Crippen LogP) is 12.8. The zero-order chi connectivity index (χ0) is 36.8. The van der Waals surface area contributed by atoms with Crippen molar-refractivity contribution < 1.29 is 0 Å². The highest BCUT2D eigenvalue weighted by Gasteiger charge is 2.70. The molecule has 7 aliphatic rings. The highest BCUT2D eigenvalue weighted by molar-refractivity contribution is 5.82. The van der Waals surface area contributed by atoms with Crippen molar-refractivity contribution >= 4 is 0 Å². The first-order valence-corrected chi connectivity index (χ1v) is 21.0. The molecule has 8 bridgehead atoms. The van der Waals surface area contributed by atoms with Gasteiger partial charge in [0.2, 0.25) is 0 Å². The number of nitrogens with zero attached hydrogens (tertiary/aromatic N) is 3. The van der Waals surface area contributed by atoms with Crippen LogP contribution in [0.25, 0.3) is 67.5 Å². The lowest BCUT2D eigenvalue weighted by Crippen LogP contribution is -2.69. The Morgan fingerprint density at radius 1 is 0.357 bits per heavy atom. The molecule has 1 aromatic heterocycles. The Morgan fingerprint density at radius 2 is 0.857 bits per heavy atom. The Labute approximate surface area is 330 Å². The van der Waals surface area contributed by atoms with Gasteiger partial charge in [-0.05, 0) is 125 Å². The van der Waals surface area contributed by atoms with Gasteiger partial charge in [0, 0.05) is 22.1 Å². The minimum Gasteiger partial charge on any atom is -0.208 e. The normalized spacial score (nSPS) is 27.8. The summed E-state index contributed by atoms with van der Waals surface area (Å²) < 4.78 is 0. The van der Waals surface area contributed by atoms with Crippen LogP contribution in [0, 0.1) is 41.4 Å². The molecule has 0 radical (unpaired) electrons. The molecule has 7 aromatic rings. The average molecular weight is 724 g/mol. The molecule has 6 aromatic carbocycles. The number of benzene rings is 6. The first-order chi connectivity index (χ1) is 27.7. The minimum atomic E-state index is 0.428. The van der Waals surface area contributed by atoms with Crippen LogP contribution in [-0.2, 0) is 5.41 Å². The van der Waals surface area contributed by atoms with Gasteiger partial charge in [-0.1, -0.05) is 152 Å². The summed E-state index contributed by atoms with van der Waals surface area (Å²) in [5.41, 5.74) is 12.1. The molecule has 0 amide bonds. The molecule has 4 atom stereocenters.